The van der Waals surface area contributed by atoms with Crippen molar-refractivity contribution in [1.82, 2.24) is 20.0 Å². The van der Waals surface area contributed by atoms with Crippen LogP contribution in [0.5, 0.6) is 0 Å². The maximum Gasteiger partial charge on any atom is 0.159 e. The van der Waals surface area contributed by atoms with E-state index in [2.05, 4.69) is 87.6 Å². The van der Waals surface area contributed by atoms with Crippen molar-refractivity contribution < 1.29 is 0 Å². The molecule has 6 rings (SSSR count). The molecule has 3 N–H and O–H groups in total. The number of hydrogen-bond donors (Lipinski definition) is 3. The van der Waals surface area contributed by atoms with Crippen LogP contribution in [-0.4, -0.2) is 64.7 Å². The topological polar surface area (TPSA) is 72.2 Å². The zero-order chi connectivity index (χ0) is 27.7. The summed E-state index contributed by atoms with van der Waals surface area (Å²) < 4.78 is 2.34. The predicted octanol–water partition coefficient (Wildman–Crippen LogP) is 6.94. The van der Waals surface area contributed by atoms with Gasteiger partial charge in [-0.3, -0.25) is 9.58 Å². The monoisotopic (exact) mass is 681 g/mol. The van der Waals surface area contributed by atoms with Gasteiger partial charge in [-0.2, -0.15) is 5.10 Å². The Morgan fingerprint density at radius 1 is 1.23 bits per heavy atom. The Bertz CT molecular complexity index is 1280. The van der Waals surface area contributed by atoms with Crippen molar-refractivity contribution >= 4 is 57.7 Å². The molecular formula is C29H42ClIN7P. The van der Waals surface area contributed by atoms with E-state index >= 15 is 0 Å². The third-order valence-electron chi connectivity index (χ3n) is 9.96. The lowest BCUT2D eigenvalue weighted by molar-refractivity contribution is -0.127. The van der Waals surface area contributed by atoms with Crippen molar-refractivity contribution in [3.05, 3.63) is 27.9 Å². The number of hydrogen-bond acceptors (Lipinski definition) is 6. The summed E-state index contributed by atoms with van der Waals surface area (Å²) in [5.74, 6) is 1.07. The van der Waals surface area contributed by atoms with Crippen molar-refractivity contribution in [1.29, 1.82) is 5.41 Å². The predicted molar refractivity (Wildman–Crippen MR) is 175 cm³/mol. The number of halogens is 2. The fourth-order valence-corrected chi connectivity index (χ4v) is 8.94. The minimum absolute atomic E-state index is 0.131. The highest BCUT2D eigenvalue weighted by atomic mass is 127. The van der Waals surface area contributed by atoms with Gasteiger partial charge in [0, 0.05) is 78.9 Å². The molecule has 1 atom stereocenters. The highest BCUT2D eigenvalue weighted by Crippen LogP contribution is 2.57. The molecule has 39 heavy (non-hydrogen) atoms. The SMILES string of the molecule is Cc1cc(NPI)c(C=N)c(-c2c(N3CCNCC34CCC4)nn(C3CC4(C3)CN(C(C)(C)C)C4)c2C)c1Cl. The van der Waals surface area contributed by atoms with Gasteiger partial charge in [-0.05, 0) is 106 Å². The van der Waals surface area contributed by atoms with Gasteiger partial charge in [-0.15, -0.1) is 0 Å². The molecule has 212 valence electrons. The summed E-state index contributed by atoms with van der Waals surface area (Å²) in [5.41, 5.74) is 6.97. The summed E-state index contributed by atoms with van der Waals surface area (Å²) >= 11 is 9.51. The van der Waals surface area contributed by atoms with Crippen molar-refractivity contribution in [3.63, 3.8) is 0 Å². The molecule has 2 aliphatic heterocycles. The van der Waals surface area contributed by atoms with E-state index in [0.717, 1.165) is 58.4 Å². The van der Waals surface area contributed by atoms with E-state index in [9.17, 15) is 0 Å². The van der Waals surface area contributed by atoms with Crippen LogP contribution in [0.1, 0.15) is 75.7 Å². The Balaban J connectivity index is 1.45. The Morgan fingerprint density at radius 3 is 2.54 bits per heavy atom. The zero-order valence-corrected chi connectivity index (χ0v) is 27.8. The fraction of sp³-hybridized carbons (Fsp3) is 0.655. The number of rotatable bonds is 6. The van der Waals surface area contributed by atoms with Crippen LogP contribution >= 0.6 is 40.0 Å². The second kappa shape index (κ2) is 10.1. The summed E-state index contributed by atoms with van der Waals surface area (Å²) in [4.78, 5) is 5.22. The Kier molecular flexibility index (Phi) is 7.31. The van der Waals surface area contributed by atoms with E-state index in [-0.39, 0.29) is 11.1 Å². The number of aryl methyl sites for hydroxylation is 1. The van der Waals surface area contributed by atoms with Gasteiger partial charge in [0.25, 0.3) is 0 Å². The summed E-state index contributed by atoms with van der Waals surface area (Å²) in [6.07, 6.45) is 8.03. The van der Waals surface area contributed by atoms with Crippen LogP contribution in [-0.2, 0) is 0 Å². The molecule has 2 aliphatic carbocycles. The second-order valence-corrected chi connectivity index (χ2v) is 15.9. The minimum Gasteiger partial charge on any atom is -0.358 e. The molecule has 10 heteroatoms. The standard InChI is InChI=1S/C29H42ClIN7P/c1-18-11-22(35-39-31)21(14-32)24(25(18)30)23-19(2)38(20-12-28(13-20)16-36(17-28)27(3,4)5)34-26(23)37-10-9-33-15-29(37)7-6-8-29/h11,14,20,32-33,35,39H,6-10,12-13,15-17H2,1-5H3. The molecule has 1 unspecified atom stereocenters. The molecule has 4 fully saturated rings. The van der Waals surface area contributed by atoms with Crippen LogP contribution < -0.4 is 15.3 Å². The molecule has 2 spiro atoms. The van der Waals surface area contributed by atoms with Gasteiger partial charge < -0.3 is 20.7 Å². The van der Waals surface area contributed by atoms with Crippen LogP contribution in [0.2, 0.25) is 5.02 Å². The first-order valence-electron chi connectivity index (χ1n) is 14.3. The first kappa shape index (κ1) is 28.2. The van der Waals surface area contributed by atoms with Gasteiger partial charge in [-0.1, -0.05) is 11.6 Å². The number of likely N-dealkylation sites (tertiary alicyclic amines) is 1. The van der Waals surface area contributed by atoms with Crippen LogP contribution in [0, 0.1) is 24.7 Å². The smallest absolute Gasteiger partial charge is 0.159 e. The number of nitrogens with one attached hydrogen (secondary N) is 3. The quantitative estimate of drug-likeness (QED) is 0.175. The molecule has 2 aromatic rings. The molecule has 7 nitrogen and oxygen atoms in total. The maximum absolute atomic E-state index is 8.45. The van der Waals surface area contributed by atoms with E-state index in [1.807, 2.05) is 0 Å². The molecule has 0 amide bonds. The zero-order valence-electron chi connectivity index (χ0n) is 23.8. The maximum atomic E-state index is 8.45. The van der Waals surface area contributed by atoms with E-state index in [1.54, 1.807) is 0 Å². The van der Waals surface area contributed by atoms with E-state index < -0.39 is 0 Å². The first-order chi connectivity index (χ1) is 18.5. The van der Waals surface area contributed by atoms with E-state index in [1.165, 1.54) is 57.1 Å². The van der Waals surface area contributed by atoms with Gasteiger partial charge in [0.05, 0.1) is 16.6 Å². The molecular weight excluding hydrogens is 640 g/mol. The first-order valence-corrected chi connectivity index (χ1v) is 18.8. The van der Waals surface area contributed by atoms with Crippen molar-refractivity contribution in [3.8, 4) is 11.1 Å². The lowest BCUT2D eigenvalue weighted by Crippen LogP contribution is -2.67. The average Bonchev–Trinajstić information content (AvgIpc) is 3.13. The molecule has 0 radical (unpaired) electrons. The van der Waals surface area contributed by atoms with Crippen molar-refractivity contribution in [2.24, 2.45) is 5.41 Å². The summed E-state index contributed by atoms with van der Waals surface area (Å²) in [7, 11) is 0. The summed E-state index contributed by atoms with van der Waals surface area (Å²) in [6.45, 7) is 16.6. The van der Waals surface area contributed by atoms with Gasteiger partial charge >= 0.3 is 0 Å². The van der Waals surface area contributed by atoms with Crippen molar-refractivity contribution in [2.45, 2.75) is 83.8 Å². The number of benzene rings is 1. The molecule has 2 saturated carbocycles. The normalized spacial score (nSPS) is 22.8. The Morgan fingerprint density at radius 2 is 1.95 bits per heavy atom. The highest BCUT2D eigenvalue weighted by Gasteiger charge is 2.56. The Labute approximate surface area is 253 Å². The number of aromatic nitrogens is 2. The van der Waals surface area contributed by atoms with Crippen LogP contribution in [0.3, 0.4) is 0 Å². The van der Waals surface area contributed by atoms with Gasteiger partial charge in [0.15, 0.2) is 5.82 Å². The van der Waals surface area contributed by atoms with E-state index in [4.69, 9.17) is 22.1 Å². The number of piperazine rings is 1. The molecule has 3 heterocycles. The molecule has 2 saturated heterocycles. The van der Waals surface area contributed by atoms with Gasteiger partial charge in [-0.25, -0.2) is 0 Å². The third kappa shape index (κ3) is 4.55. The molecule has 4 aliphatic rings. The molecule has 0 bridgehead atoms. The second-order valence-electron chi connectivity index (χ2n) is 13.4. The summed E-state index contributed by atoms with van der Waals surface area (Å²) in [5, 5.41) is 21.8. The fourth-order valence-electron chi connectivity index (χ4n) is 7.51. The van der Waals surface area contributed by atoms with Crippen LogP contribution in [0.25, 0.3) is 11.1 Å². The molecule has 1 aromatic carbocycles. The summed E-state index contributed by atoms with van der Waals surface area (Å²) in [6, 6.07) is 2.50. The van der Waals surface area contributed by atoms with Crippen LogP contribution in [0.4, 0.5) is 11.5 Å². The van der Waals surface area contributed by atoms with E-state index in [0.29, 0.717) is 17.8 Å². The number of anilines is 2. The number of nitrogens with zero attached hydrogens (tertiary/aromatic N) is 4. The van der Waals surface area contributed by atoms with Crippen molar-refractivity contribution in [2.75, 3.05) is 42.7 Å². The molecule has 1 aromatic heterocycles. The minimum atomic E-state index is 0.131. The van der Waals surface area contributed by atoms with Gasteiger partial charge in [0.1, 0.15) is 0 Å². The highest BCUT2D eigenvalue weighted by molar-refractivity contribution is 14.2. The van der Waals surface area contributed by atoms with Gasteiger partial charge in [0.2, 0.25) is 0 Å². The van der Waals surface area contributed by atoms with Crippen LogP contribution in [0.15, 0.2) is 6.07 Å². The largest absolute Gasteiger partial charge is 0.358 e. The lowest BCUT2D eigenvalue weighted by Gasteiger charge is -2.62. The Hall–Kier alpha value is -0.930. The average molecular weight is 682 g/mol. The third-order valence-corrected chi connectivity index (χ3v) is 11.6. The lowest BCUT2D eigenvalue weighted by atomic mass is 9.59.